The highest BCUT2D eigenvalue weighted by Gasteiger charge is 2.06. The monoisotopic (exact) mass is 261 g/mol. The minimum atomic E-state index is -0.216. The summed E-state index contributed by atoms with van der Waals surface area (Å²) in [6.07, 6.45) is 1.43. The second kappa shape index (κ2) is 5.01. The topological polar surface area (TPSA) is 109 Å². The van der Waals surface area contributed by atoms with Gasteiger partial charge in [0.25, 0.3) is 5.56 Å². The quantitative estimate of drug-likeness (QED) is 0.432. The van der Waals surface area contributed by atoms with E-state index in [1.165, 1.54) is 24.0 Å². The number of H-pyrrole nitrogens is 1. The molecule has 0 radical (unpaired) electrons. The number of nitrogens with two attached hydrogens (primary N) is 1. The van der Waals surface area contributed by atoms with Crippen LogP contribution in [0.1, 0.15) is 11.3 Å². The largest absolute Gasteiger partial charge is 0.384 e. The number of aromatic nitrogens is 3. The number of hydrogen-bond donors (Lipinski definition) is 3. The third-order valence-corrected chi connectivity index (χ3v) is 2.91. The molecule has 92 valence electrons. The Balaban J connectivity index is 2.34. The average molecular weight is 261 g/mol. The number of rotatable bonds is 3. The van der Waals surface area contributed by atoms with Crippen molar-refractivity contribution in [2.75, 3.05) is 0 Å². The molecule has 0 saturated heterocycles. The van der Waals surface area contributed by atoms with E-state index < -0.39 is 0 Å². The van der Waals surface area contributed by atoms with Crippen LogP contribution in [0, 0.1) is 12.3 Å². The second-order valence-corrected chi connectivity index (χ2v) is 4.60. The first-order valence-electron chi connectivity index (χ1n) is 5.11. The molecule has 2 rings (SSSR count). The van der Waals surface area contributed by atoms with E-state index in [0.717, 1.165) is 5.69 Å². The van der Waals surface area contributed by atoms with Crippen molar-refractivity contribution < 1.29 is 0 Å². The van der Waals surface area contributed by atoms with E-state index in [-0.39, 0.29) is 11.4 Å². The molecular formula is C11H11N5OS. The van der Waals surface area contributed by atoms with Crippen molar-refractivity contribution in [1.82, 2.24) is 15.0 Å². The predicted molar refractivity (Wildman–Crippen MR) is 69.0 cm³/mol. The number of aryl methyl sites for hydroxylation is 1. The molecule has 2 aromatic heterocycles. The van der Waals surface area contributed by atoms with Gasteiger partial charge < -0.3 is 10.7 Å². The van der Waals surface area contributed by atoms with Crippen LogP contribution >= 0.6 is 11.8 Å². The Hall–Kier alpha value is -2.15. The molecule has 0 fully saturated rings. The fraction of sp³-hybridized carbons (Fsp3) is 0.0909. The molecule has 2 aromatic rings. The summed E-state index contributed by atoms with van der Waals surface area (Å²) in [6, 6.07) is 4.76. The molecule has 6 nitrogen and oxygen atoms in total. The third kappa shape index (κ3) is 2.95. The lowest BCUT2D eigenvalue weighted by molar-refractivity contribution is 0.929. The third-order valence-electron chi connectivity index (χ3n) is 2.09. The number of pyridine rings is 1. The highest BCUT2D eigenvalue weighted by molar-refractivity contribution is 7.99. The molecule has 4 N–H and O–H groups in total. The summed E-state index contributed by atoms with van der Waals surface area (Å²) in [5.41, 5.74) is 6.58. The molecule has 0 amide bonds. The van der Waals surface area contributed by atoms with Gasteiger partial charge in [-0.1, -0.05) is 0 Å². The highest BCUT2D eigenvalue weighted by atomic mass is 32.2. The van der Waals surface area contributed by atoms with Gasteiger partial charge in [-0.2, -0.15) is 0 Å². The van der Waals surface area contributed by atoms with Crippen molar-refractivity contribution in [2.45, 2.75) is 17.1 Å². The van der Waals surface area contributed by atoms with Gasteiger partial charge in [0.2, 0.25) is 0 Å². The Labute approximate surface area is 107 Å². The first kappa shape index (κ1) is 12.3. The lowest BCUT2D eigenvalue weighted by Gasteiger charge is -2.04. The van der Waals surface area contributed by atoms with Crippen LogP contribution in [0.4, 0.5) is 0 Å². The van der Waals surface area contributed by atoms with Crippen molar-refractivity contribution in [3.63, 3.8) is 0 Å². The van der Waals surface area contributed by atoms with Crippen LogP contribution in [0.15, 0.2) is 39.4 Å². The zero-order chi connectivity index (χ0) is 13.1. The van der Waals surface area contributed by atoms with Gasteiger partial charge in [-0.15, -0.1) is 0 Å². The Morgan fingerprint density at radius 1 is 1.50 bits per heavy atom. The van der Waals surface area contributed by atoms with E-state index in [9.17, 15) is 4.79 Å². The van der Waals surface area contributed by atoms with Crippen LogP contribution in [0.2, 0.25) is 0 Å². The SMILES string of the molecule is Cc1cc(C(=N)N)cc(Sc2nccc(=O)[nH]2)n1. The maximum Gasteiger partial charge on any atom is 0.251 e. The van der Waals surface area contributed by atoms with E-state index in [2.05, 4.69) is 15.0 Å². The first-order valence-corrected chi connectivity index (χ1v) is 5.92. The van der Waals surface area contributed by atoms with Gasteiger partial charge in [-0.25, -0.2) is 9.97 Å². The number of hydrogen-bond acceptors (Lipinski definition) is 5. The molecule has 0 aliphatic carbocycles. The van der Waals surface area contributed by atoms with Crippen LogP contribution < -0.4 is 11.3 Å². The fourth-order valence-electron chi connectivity index (χ4n) is 1.35. The summed E-state index contributed by atoms with van der Waals surface area (Å²) >= 11 is 1.22. The lowest BCUT2D eigenvalue weighted by atomic mass is 10.2. The highest BCUT2D eigenvalue weighted by Crippen LogP contribution is 2.22. The number of aromatic amines is 1. The van der Waals surface area contributed by atoms with Crippen LogP contribution in [0.3, 0.4) is 0 Å². The molecular weight excluding hydrogens is 250 g/mol. The van der Waals surface area contributed by atoms with Crippen molar-refractivity contribution >= 4 is 17.6 Å². The zero-order valence-corrected chi connectivity index (χ0v) is 10.4. The Bertz CT molecular complexity index is 652. The minimum Gasteiger partial charge on any atom is -0.384 e. The predicted octanol–water partition coefficient (Wildman–Crippen LogP) is 0.909. The van der Waals surface area contributed by atoms with Crippen LogP contribution in [-0.2, 0) is 0 Å². The minimum absolute atomic E-state index is 0.0168. The maximum atomic E-state index is 11.1. The van der Waals surface area contributed by atoms with Gasteiger partial charge in [0.05, 0.1) is 0 Å². The molecule has 2 heterocycles. The smallest absolute Gasteiger partial charge is 0.251 e. The average Bonchev–Trinajstić information content (AvgIpc) is 2.28. The van der Waals surface area contributed by atoms with E-state index >= 15 is 0 Å². The van der Waals surface area contributed by atoms with Crippen LogP contribution in [0.5, 0.6) is 0 Å². The molecule has 0 spiro atoms. The summed E-state index contributed by atoms with van der Waals surface area (Å²) in [6.45, 7) is 1.82. The van der Waals surface area contributed by atoms with E-state index in [0.29, 0.717) is 15.7 Å². The zero-order valence-electron chi connectivity index (χ0n) is 9.60. The Morgan fingerprint density at radius 2 is 2.28 bits per heavy atom. The summed E-state index contributed by atoms with van der Waals surface area (Å²) in [7, 11) is 0. The number of amidine groups is 1. The molecule has 0 atom stereocenters. The maximum absolute atomic E-state index is 11.1. The lowest BCUT2D eigenvalue weighted by Crippen LogP contribution is -2.12. The fourth-order valence-corrected chi connectivity index (χ4v) is 2.19. The first-order chi connectivity index (χ1) is 8.54. The molecule has 0 aliphatic rings. The summed E-state index contributed by atoms with van der Waals surface area (Å²) in [5.74, 6) is -0.0168. The van der Waals surface area contributed by atoms with Crippen LogP contribution in [-0.4, -0.2) is 20.8 Å². The molecule has 0 unspecified atom stereocenters. The van der Waals surface area contributed by atoms with Crippen molar-refractivity contribution in [2.24, 2.45) is 5.73 Å². The molecule has 18 heavy (non-hydrogen) atoms. The number of nitrogens with zero attached hydrogens (tertiary/aromatic N) is 2. The number of nitrogens with one attached hydrogen (secondary N) is 2. The van der Waals surface area contributed by atoms with Crippen LogP contribution in [0.25, 0.3) is 0 Å². The molecule has 7 heteroatoms. The Kier molecular flexibility index (Phi) is 3.42. The molecule has 0 aromatic carbocycles. The second-order valence-electron chi connectivity index (χ2n) is 3.59. The summed E-state index contributed by atoms with van der Waals surface area (Å²) < 4.78 is 0. The van der Waals surface area contributed by atoms with Crippen molar-refractivity contribution in [3.8, 4) is 0 Å². The van der Waals surface area contributed by atoms with Gasteiger partial charge in [0.15, 0.2) is 5.16 Å². The van der Waals surface area contributed by atoms with Crippen molar-refractivity contribution in [3.05, 3.63) is 46.0 Å². The number of nitrogen functional groups attached to an aromatic ring is 1. The summed E-state index contributed by atoms with van der Waals surface area (Å²) in [5, 5.41) is 8.50. The standard InChI is InChI=1S/C11H11N5OS/c1-6-4-7(10(12)13)5-9(15-6)18-11-14-3-2-8(17)16-11/h2-5H,1H3,(H3,12,13)(H,14,16,17). The van der Waals surface area contributed by atoms with E-state index in [1.807, 2.05) is 6.92 Å². The van der Waals surface area contributed by atoms with Crippen molar-refractivity contribution in [1.29, 1.82) is 5.41 Å². The normalized spacial score (nSPS) is 10.3. The van der Waals surface area contributed by atoms with Gasteiger partial charge in [0.1, 0.15) is 10.9 Å². The van der Waals surface area contributed by atoms with Gasteiger partial charge >= 0.3 is 0 Å². The Morgan fingerprint density at radius 3 is 2.94 bits per heavy atom. The van der Waals surface area contributed by atoms with E-state index in [1.54, 1.807) is 12.1 Å². The molecule has 0 bridgehead atoms. The van der Waals surface area contributed by atoms with Gasteiger partial charge in [-0.05, 0) is 30.8 Å². The van der Waals surface area contributed by atoms with Gasteiger partial charge in [0, 0.05) is 23.5 Å². The molecule has 0 aliphatic heterocycles. The molecule has 0 saturated carbocycles. The summed E-state index contributed by atoms with van der Waals surface area (Å²) in [4.78, 5) is 22.0. The van der Waals surface area contributed by atoms with E-state index in [4.69, 9.17) is 11.1 Å². The van der Waals surface area contributed by atoms with Gasteiger partial charge in [-0.3, -0.25) is 10.2 Å².